The van der Waals surface area contributed by atoms with E-state index in [1.807, 2.05) is 30.3 Å². The van der Waals surface area contributed by atoms with Crippen LogP contribution in [0.1, 0.15) is 31.2 Å². The SMILES string of the molecule is O=C(CCl)NC1CN(C(=O)C2(CCc3ccccc3)CC2)CCC1C(F)(F)F. The molecule has 2 aliphatic rings. The summed E-state index contributed by atoms with van der Waals surface area (Å²) in [5, 5.41) is 2.35. The third-order valence-corrected chi connectivity index (χ3v) is 6.07. The largest absolute Gasteiger partial charge is 0.393 e. The minimum Gasteiger partial charge on any atom is -0.350 e. The van der Waals surface area contributed by atoms with E-state index in [-0.39, 0.29) is 25.4 Å². The number of nitrogens with one attached hydrogen (secondary N) is 1. The van der Waals surface area contributed by atoms with Gasteiger partial charge in [-0.05, 0) is 37.7 Å². The van der Waals surface area contributed by atoms with E-state index in [0.29, 0.717) is 6.42 Å². The van der Waals surface area contributed by atoms with Crippen molar-refractivity contribution < 1.29 is 22.8 Å². The molecule has 1 aromatic rings. The van der Waals surface area contributed by atoms with Crippen molar-refractivity contribution >= 4 is 23.4 Å². The average Bonchev–Trinajstić information content (AvgIpc) is 3.47. The van der Waals surface area contributed by atoms with Gasteiger partial charge < -0.3 is 10.2 Å². The summed E-state index contributed by atoms with van der Waals surface area (Å²) in [6, 6.07) is 8.68. The van der Waals surface area contributed by atoms with Gasteiger partial charge in [-0.25, -0.2) is 0 Å². The van der Waals surface area contributed by atoms with Crippen molar-refractivity contribution in [2.24, 2.45) is 11.3 Å². The third kappa shape index (κ3) is 4.80. The number of hydrogen-bond donors (Lipinski definition) is 1. The zero-order chi connectivity index (χ0) is 20.4. The van der Waals surface area contributed by atoms with Crippen molar-refractivity contribution in [1.29, 1.82) is 0 Å². The highest BCUT2D eigenvalue weighted by molar-refractivity contribution is 6.27. The highest BCUT2D eigenvalue weighted by atomic mass is 35.5. The van der Waals surface area contributed by atoms with Crippen LogP contribution in [0, 0.1) is 11.3 Å². The number of benzene rings is 1. The van der Waals surface area contributed by atoms with Crippen LogP contribution in [-0.2, 0) is 16.0 Å². The number of hydrogen-bond acceptors (Lipinski definition) is 2. The van der Waals surface area contributed by atoms with Crippen LogP contribution in [0.5, 0.6) is 0 Å². The van der Waals surface area contributed by atoms with Gasteiger partial charge in [-0.15, -0.1) is 11.6 Å². The van der Waals surface area contributed by atoms with Gasteiger partial charge in [0.05, 0.1) is 12.0 Å². The third-order valence-electron chi connectivity index (χ3n) is 5.83. The smallest absolute Gasteiger partial charge is 0.350 e. The van der Waals surface area contributed by atoms with E-state index < -0.39 is 35.3 Å². The summed E-state index contributed by atoms with van der Waals surface area (Å²) in [5.74, 6) is -2.81. The Bertz CT molecular complexity index is 707. The fourth-order valence-electron chi connectivity index (χ4n) is 4.01. The Balaban J connectivity index is 1.65. The molecule has 3 rings (SSSR count). The molecule has 0 spiro atoms. The maximum atomic E-state index is 13.3. The Hall–Kier alpha value is -1.76. The summed E-state index contributed by atoms with van der Waals surface area (Å²) in [6.45, 7) is -0.0674. The van der Waals surface area contributed by atoms with Gasteiger partial charge in [-0.1, -0.05) is 30.3 Å². The molecule has 0 bridgehead atoms. The van der Waals surface area contributed by atoms with E-state index >= 15 is 0 Å². The lowest BCUT2D eigenvalue weighted by molar-refractivity contribution is -0.194. The molecule has 1 aromatic carbocycles. The number of likely N-dealkylation sites (tertiary alicyclic amines) is 1. The average molecular weight is 417 g/mol. The van der Waals surface area contributed by atoms with Crippen molar-refractivity contribution in [2.45, 2.75) is 44.3 Å². The monoisotopic (exact) mass is 416 g/mol. The number of rotatable bonds is 6. The van der Waals surface area contributed by atoms with Crippen molar-refractivity contribution in [1.82, 2.24) is 10.2 Å². The predicted octanol–water partition coefficient (Wildman–Crippen LogP) is 3.53. The van der Waals surface area contributed by atoms with Crippen LogP contribution in [0.3, 0.4) is 0 Å². The van der Waals surface area contributed by atoms with Gasteiger partial charge >= 0.3 is 6.18 Å². The lowest BCUT2D eigenvalue weighted by Gasteiger charge is -2.40. The minimum atomic E-state index is -4.43. The molecule has 1 saturated heterocycles. The zero-order valence-electron chi connectivity index (χ0n) is 15.5. The molecule has 4 nitrogen and oxygen atoms in total. The molecule has 0 aromatic heterocycles. The molecule has 2 unspecified atom stereocenters. The number of alkyl halides is 4. The van der Waals surface area contributed by atoms with Crippen LogP contribution < -0.4 is 5.32 Å². The molecule has 1 saturated carbocycles. The second kappa shape index (κ2) is 8.31. The first-order chi connectivity index (χ1) is 13.2. The van der Waals surface area contributed by atoms with E-state index in [9.17, 15) is 22.8 Å². The Morgan fingerprint density at radius 3 is 2.46 bits per heavy atom. The fraction of sp³-hybridized carbons (Fsp3) is 0.600. The Kier molecular flexibility index (Phi) is 6.22. The Morgan fingerprint density at radius 2 is 1.89 bits per heavy atom. The number of halogens is 4. The first kappa shape index (κ1) is 21.0. The first-order valence-corrected chi connectivity index (χ1v) is 10.0. The summed E-state index contributed by atoms with van der Waals surface area (Å²) < 4.78 is 40.0. The minimum absolute atomic E-state index is 0.0589. The number of piperidine rings is 1. The first-order valence-electron chi connectivity index (χ1n) is 9.50. The molecule has 1 aliphatic carbocycles. The molecule has 1 aliphatic heterocycles. The van der Waals surface area contributed by atoms with E-state index in [2.05, 4.69) is 5.32 Å². The Labute approximate surface area is 167 Å². The van der Waals surface area contributed by atoms with Gasteiger partial charge in [-0.2, -0.15) is 13.2 Å². The van der Waals surface area contributed by atoms with Crippen LogP contribution in [0.2, 0.25) is 0 Å². The highest BCUT2D eigenvalue weighted by Crippen LogP contribution is 2.51. The van der Waals surface area contributed by atoms with Gasteiger partial charge in [0.2, 0.25) is 11.8 Å². The lowest BCUT2D eigenvalue weighted by Crippen LogP contribution is -2.58. The number of carbonyl (C=O) groups is 2. The molecule has 0 radical (unpaired) electrons. The fourth-order valence-corrected chi connectivity index (χ4v) is 4.08. The van der Waals surface area contributed by atoms with Gasteiger partial charge in [0.25, 0.3) is 0 Å². The van der Waals surface area contributed by atoms with E-state index in [0.717, 1.165) is 24.8 Å². The summed E-state index contributed by atoms with van der Waals surface area (Å²) in [6.07, 6.45) is -1.67. The molecule has 154 valence electrons. The molecular formula is C20H24ClF3N2O2. The Morgan fingerprint density at radius 1 is 1.21 bits per heavy atom. The van der Waals surface area contributed by atoms with Gasteiger partial charge in [0, 0.05) is 18.5 Å². The highest BCUT2D eigenvalue weighted by Gasteiger charge is 2.54. The molecule has 8 heteroatoms. The van der Waals surface area contributed by atoms with Crippen molar-refractivity contribution in [3.8, 4) is 0 Å². The summed E-state index contributed by atoms with van der Waals surface area (Å²) in [5.41, 5.74) is 0.673. The number of nitrogens with zero attached hydrogens (tertiary/aromatic N) is 1. The number of amides is 2. The lowest BCUT2D eigenvalue weighted by atomic mass is 9.88. The second-order valence-corrected chi connectivity index (χ2v) is 8.03. The van der Waals surface area contributed by atoms with Crippen LogP contribution in [0.4, 0.5) is 13.2 Å². The molecule has 1 heterocycles. The van der Waals surface area contributed by atoms with Crippen LogP contribution in [0.25, 0.3) is 0 Å². The van der Waals surface area contributed by atoms with Crippen molar-refractivity contribution in [2.75, 3.05) is 19.0 Å². The summed E-state index contributed by atoms with van der Waals surface area (Å²) in [7, 11) is 0. The summed E-state index contributed by atoms with van der Waals surface area (Å²) in [4.78, 5) is 26.1. The normalized spacial score (nSPS) is 23.9. The van der Waals surface area contributed by atoms with E-state index in [1.54, 1.807) is 0 Å². The standard InChI is InChI=1S/C20H24ClF3N2O2/c21-12-17(27)25-16-13-26(11-7-15(16)20(22,23)24)18(28)19(9-10-19)8-6-14-4-2-1-3-5-14/h1-5,15-16H,6-13H2,(H,25,27). The number of aryl methyl sites for hydroxylation is 1. The van der Waals surface area contributed by atoms with E-state index in [1.165, 1.54) is 4.90 Å². The maximum absolute atomic E-state index is 13.3. The van der Waals surface area contributed by atoms with Gasteiger partial charge in [0.15, 0.2) is 0 Å². The molecule has 2 atom stereocenters. The van der Waals surface area contributed by atoms with E-state index in [4.69, 9.17) is 11.6 Å². The maximum Gasteiger partial charge on any atom is 0.393 e. The van der Waals surface area contributed by atoms with Gasteiger partial charge in [-0.3, -0.25) is 9.59 Å². The van der Waals surface area contributed by atoms with Crippen LogP contribution in [-0.4, -0.2) is 47.9 Å². The van der Waals surface area contributed by atoms with Crippen molar-refractivity contribution in [3.63, 3.8) is 0 Å². The zero-order valence-corrected chi connectivity index (χ0v) is 16.2. The van der Waals surface area contributed by atoms with Crippen LogP contribution in [0.15, 0.2) is 30.3 Å². The summed E-state index contributed by atoms with van der Waals surface area (Å²) >= 11 is 5.44. The van der Waals surface area contributed by atoms with Crippen molar-refractivity contribution in [3.05, 3.63) is 35.9 Å². The van der Waals surface area contributed by atoms with Crippen LogP contribution >= 0.6 is 11.6 Å². The second-order valence-electron chi connectivity index (χ2n) is 7.76. The predicted molar refractivity (Wildman–Crippen MR) is 99.8 cm³/mol. The van der Waals surface area contributed by atoms with Gasteiger partial charge in [0.1, 0.15) is 5.88 Å². The molecular weight excluding hydrogens is 393 g/mol. The topological polar surface area (TPSA) is 49.4 Å². The molecule has 1 N–H and O–H groups in total. The molecule has 2 fully saturated rings. The molecule has 28 heavy (non-hydrogen) atoms. The quantitative estimate of drug-likeness (QED) is 0.721. The number of carbonyl (C=O) groups excluding carboxylic acids is 2. The molecule has 2 amide bonds.